The van der Waals surface area contributed by atoms with Crippen molar-refractivity contribution in [3.8, 4) is 0 Å². The molecular formula is C14H19FN2O. The highest BCUT2D eigenvalue weighted by Crippen LogP contribution is 2.18. The van der Waals surface area contributed by atoms with Crippen molar-refractivity contribution in [1.82, 2.24) is 10.2 Å². The molecule has 18 heavy (non-hydrogen) atoms. The average molecular weight is 250 g/mol. The van der Waals surface area contributed by atoms with E-state index in [9.17, 15) is 9.18 Å². The maximum atomic E-state index is 12.8. The van der Waals surface area contributed by atoms with Crippen molar-refractivity contribution in [3.63, 3.8) is 0 Å². The van der Waals surface area contributed by atoms with E-state index in [4.69, 9.17) is 0 Å². The first kappa shape index (κ1) is 13.0. The molecule has 1 heterocycles. The fraction of sp³-hybridized carbons (Fsp3) is 0.500. The van der Waals surface area contributed by atoms with Gasteiger partial charge in [0.1, 0.15) is 5.82 Å². The lowest BCUT2D eigenvalue weighted by molar-refractivity contribution is 0.0691. The summed E-state index contributed by atoms with van der Waals surface area (Å²) in [5.74, 6) is 0.365. The third-order valence-electron chi connectivity index (χ3n) is 3.49. The maximum absolute atomic E-state index is 12.8. The van der Waals surface area contributed by atoms with E-state index in [0.29, 0.717) is 11.5 Å². The quantitative estimate of drug-likeness (QED) is 0.888. The van der Waals surface area contributed by atoms with Gasteiger partial charge in [0.25, 0.3) is 5.91 Å². The van der Waals surface area contributed by atoms with Crippen molar-refractivity contribution < 1.29 is 9.18 Å². The van der Waals surface area contributed by atoms with Gasteiger partial charge in [0.05, 0.1) is 0 Å². The second kappa shape index (κ2) is 5.96. The molecule has 0 radical (unpaired) electrons. The third-order valence-corrected chi connectivity index (χ3v) is 3.49. The molecule has 1 amide bonds. The van der Waals surface area contributed by atoms with Gasteiger partial charge < -0.3 is 10.2 Å². The summed E-state index contributed by atoms with van der Waals surface area (Å²) in [5, 5.41) is 3.17. The number of amides is 1. The van der Waals surface area contributed by atoms with Gasteiger partial charge in [-0.3, -0.25) is 4.79 Å². The van der Waals surface area contributed by atoms with Crippen LogP contribution in [0.5, 0.6) is 0 Å². The first-order chi connectivity index (χ1) is 8.70. The molecule has 0 bridgehead atoms. The Morgan fingerprint density at radius 1 is 1.33 bits per heavy atom. The van der Waals surface area contributed by atoms with Crippen LogP contribution in [0.3, 0.4) is 0 Å². The number of nitrogens with one attached hydrogen (secondary N) is 1. The highest BCUT2D eigenvalue weighted by molar-refractivity contribution is 5.94. The van der Waals surface area contributed by atoms with Crippen LogP contribution in [0, 0.1) is 11.7 Å². The van der Waals surface area contributed by atoms with Gasteiger partial charge in [0, 0.05) is 18.7 Å². The number of carbonyl (C=O) groups is 1. The van der Waals surface area contributed by atoms with Crippen LogP contribution in [0.15, 0.2) is 24.3 Å². The van der Waals surface area contributed by atoms with E-state index in [0.717, 1.165) is 32.5 Å². The Bertz CT molecular complexity index is 397. The zero-order valence-electron chi connectivity index (χ0n) is 10.7. The zero-order chi connectivity index (χ0) is 13.0. The van der Waals surface area contributed by atoms with E-state index in [2.05, 4.69) is 5.32 Å². The Balaban J connectivity index is 1.93. The Kier molecular flexibility index (Phi) is 4.31. The van der Waals surface area contributed by atoms with E-state index in [1.807, 2.05) is 11.9 Å². The molecule has 1 aliphatic rings. The first-order valence-corrected chi connectivity index (χ1v) is 6.40. The molecule has 0 saturated carbocycles. The Hall–Kier alpha value is -1.42. The van der Waals surface area contributed by atoms with Gasteiger partial charge >= 0.3 is 0 Å². The smallest absolute Gasteiger partial charge is 0.253 e. The molecule has 1 saturated heterocycles. The molecule has 0 spiro atoms. The van der Waals surface area contributed by atoms with Crippen molar-refractivity contribution in [2.45, 2.75) is 12.8 Å². The number of carbonyl (C=O) groups excluding carboxylic acids is 1. The second-order valence-electron chi connectivity index (χ2n) is 4.80. The highest BCUT2D eigenvalue weighted by Gasteiger charge is 2.23. The minimum Gasteiger partial charge on any atom is -0.339 e. The van der Waals surface area contributed by atoms with Gasteiger partial charge in [-0.2, -0.15) is 0 Å². The molecule has 0 atom stereocenters. The molecule has 4 heteroatoms. The number of rotatable bonds is 3. The van der Waals surface area contributed by atoms with E-state index >= 15 is 0 Å². The number of halogens is 1. The number of benzene rings is 1. The van der Waals surface area contributed by atoms with Crippen LogP contribution in [-0.2, 0) is 0 Å². The average Bonchev–Trinajstić information content (AvgIpc) is 2.40. The van der Waals surface area contributed by atoms with E-state index in [1.54, 1.807) is 12.1 Å². The fourth-order valence-electron chi connectivity index (χ4n) is 2.40. The standard InChI is InChI=1S/C14H19FN2O/c1-16-10-11-6-8-17(9-7-11)14(18)12-2-4-13(15)5-3-12/h2-5,11,16H,6-10H2,1H3. The van der Waals surface area contributed by atoms with Crippen molar-refractivity contribution >= 4 is 5.91 Å². The predicted octanol–water partition coefficient (Wildman–Crippen LogP) is 1.90. The molecule has 1 fully saturated rings. The topological polar surface area (TPSA) is 32.3 Å². The van der Waals surface area contributed by atoms with Gasteiger partial charge in [0.2, 0.25) is 0 Å². The summed E-state index contributed by atoms with van der Waals surface area (Å²) in [6.45, 7) is 2.60. The van der Waals surface area contributed by atoms with Crippen molar-refractivity contribution in [2.75, 3.05) is 26.7 Å². The molecule has 1 aromatic rings. The van der Waals surface area contributed by atoms with Crippen LogP contribution in [0.2, 0.25) is 0 Å². The van der Waals surface area contributed by atoms with Crippen LogP contribution in [0.25, 0.3) is 0 Å². The number of nitrogens with zero attached hydrogens (tertiary/aromatic N) is 1. The lowest BCUT2D eigenvalue weighted by atomic mass is 9.96. The Labute approximate surface area is 107 Å². The van der Waals surface area contributed by atoms with Crippen LogP contribution in [-0.4, -0.2) is 37.5 Å². The number of hydrogen-bond donors (Lipinski definition) is 1. The molecule has 2 rings (SSSR count). The van der Waals surface area contributed by atoms with Crippen LogP contribution < -0.4 is 5.32 Å². The van der Waals surface area contributed by atoms with Gasteiger partial charge in [-0.15, -0.1) is 0 Å². The van der Waals surface area contributed by atoms with Gasteiger partial charge in [-0.1, -0.05) is 0 Å². The largest absolute Gasteiger partial charge is 0.339 e. The molecule has 1 N–H and O–H groups in total. The van der Waals surface area contributed by atoms with Gasteiger partial charge in [0.15, 0.2) is 0 Å². The van der Waals surface area contributed by atoms with Crippen LogP contribution in [0.4, 0.5) is 4.39 Å². The summed E-state index contributed by atoms with van der Waals surface area (Å²) >= 11 is 0. The third kappa shape index (κ3) is 3.07. The zero-order valence-corrected chi connectivity index (χ0v) is 10.7. The summed E-state index contributed by atoms with van der Waals surface area (Å²) in [5.41, 5.74) is 0.573. The van der Waals surface area contributed by atoms with E-state index in [1.165, 1.54) is 12.1 Å². The van der Waals surface area contributed by atoms with Crippen LogP contribution >= 0.6 is 0 Å². The van der Waals surface area contributed by atoms with Crippen molar-refractivity contribution in [2.24, 2.45) is 5.92 Å². The minimum absolute atomic E-state index is 0.0120. The molecule has 1 aromatic carbocycles. The minimum atomic E-state index is -0.306. The summed E-state index contributed by atoms with van der Waals surface area (Å²) in [6.07, 6.45) is 2.07. The summed E-state index contributed by atoms with van der Waals surface area (Å²) in [7, 11) is 1.95. The van der Waals surface area contributed by atoms with E-state index in [-0.39, 0.29) is 11.7 Å². The SMILES string of the molecule is CNCC1CCN(C(=O)c2ccc(F)cc2)CC1. The molecule has 0 unspecified atom stereocenters. The summed E-state index contributed by atoms with van der Waals surface area (Å²) in [6, 6.07) is 5.77. The number of likely N-dealkylation sites (tertiary alicyclic amines) is 1. The lowest BCUT2D eigenvalue weighted by Crippen LogP contribution is -2.40. The van der Waals surface area contributed by atoms with Crippen molar-refractivity contribution in [3.05, 3.63) is 35.6 Å². The molecule has 0 aliphatic carbocycles. The summed E-state index contributed by atoms with van der Waals surface area (Å²) < 4.78 is 12.8. The van der Waals surface area contributed by atoms with Gasteiger partial charge in [-0.05, 0) is 56.6 Å². The normalized spacial score (nSPS) is 16.9. The second-order valence-corrected chi connectivity index (χ2v) is 4.80. The first-order valence-electron chi connectivity index (χ1n) is 6.40. The highest BCUT2D eigenvalue weighted by atomic mass is 19.1. The fourth-order valence-corrected chi connectivity index (χ4v) is 2.40. The summed E-state index contributed by atoms with van der Waals surface area (Å²) in [4.78, 5) is 14.0. The van der Waals surface area contributed by atoms with E-state index < -0.39 is 0 Å². The van der Waals surface area contributed by atoms with Crippen molar-refractivity contribution in [1.29, 1.82) is 0 Å². The predicted molar refractivity (Wildman–Crippen MR) is 69.0 cm³/mol. The lowest BCUT2D eigenvalue weighted by Gasteiger charge is -2.32. The van der Waals surface area contributed by atoms with Gasteiger partial charge in [-0.25, -0.2) is 4.39 Å². The molecule has 0 aromatic heterocycles. The maximum Gasteiger partial charge on any atom is 0.253 e. The number of piperidine rings is 1. The molecule has 1 aliphatic heterocycles. The Morgan fingerprint density at radius 2 is 1.94 bits per heavy atom. The van der Waals surface area contributed by atoms with Crippen LogP contribution in [0.1, 0.15) is 23.2 Å². The number of hydrogen-bond acceptors (Lipinski definition) is 2. The molecule has 3 nitrogen and oxygen atoms in total. The monoisotopic (exact) mass is 250 g/mol. The molecular weight excluding hydrogens is 231 g/mol. The Morgan fingerprint density at radius 3 is 2.50 bits per heavy atom. The molecule has 98 valence electrons.